The van der Waals surface area contributed by atoms with Crippen molar-refractivity contribution in [2.75, 3.05) is 0 Å². The van der Waals surface area contributed by atoms with Gasteiger partial charge >= 0.3 is 5.97 Å². The first kappa shape index (κ1) is 10.1. The molecule has 0 amide bonds. The van der Waals surface area contributed by atoms with Gasteiger partial charge in [0.2, 0.25) is 0 Å². The number of halogens is 3. The van der Waals surface area contributed by atoms with Crippen LogP contribution in [-0.4, -0.2) is 10.5 Å². The smallest absolute Gasteiger partial charge is 0.305 e. The Morgan fingerprint density at radius 2 is 2.00 bits per heavy atom. The molecular formula is C5H5Cl3O2. The summed E-state index contributed by atoms with van der Waals surface area (Å²) in [5.74, 6) is -0.619. The van der Waals surface area contributed by atoms with E-state index in [0.29, 0.717) is 0 Å². The van der Waals surface area contributed by atoms with Crippen LogP contribution in [0.15, 0.2) is 11.6 Å². The largest absolute Gasteiger partial charge is 0.423 e. The Morgan fingerprint density at radius 3 is 2.10 bits per heavy atom. The molecule has 0 radical (unpaired) electrons. The van der Waals surface area contributed by atoms with E-state index in [1.807, 2.05) is 0 Å². The molecule has 0 saturated carbocycles. The van der Waals surface area contributed by atoms with Gasteiger partial charge in [-0.15, -0.1) is 0 Å². The zero-order valence-corrected chi connectivity index (χ0v) is 7.43. The van der Waals surface area contributed by atoms with Crippen molar-refractivity contribution >= 4 is 40.8 Å². The van der Waals surface area contributed by atoms with Gasteiger partial charge in [0.1, 0.15) is 0 Å². The van der Waals surface area contributed by atoms with Gasteiger partial charge in [-0.05, 0) is 0 Å². The molecule has 0 rings (SSSR count). The lowest BCUT2D eigenvalue weighted by Gasteiger charge is -2.16. The molecular weight excluding hydrogens is 198 g/mol. The van der Waals surface area contributed by atoms with Crippen LogP contribution >= 0.6 is 34.8 Å². The molecule has 5 heteroatoms. The Hall–Kier alpha value is 0.0800. The minimum atomic E-state index is -1.81. The molecule has 2 nitrogen and oxygen atoms in total. The molecule has 0 heterocycles. The normalized spacial score (nSPS) is 10.8. The van der Waals surface area contributed by atoms with Gasteiger partial charge < -0.3 is 4.74 Å². The molecule has 0 fully saturated rings. The minimum Gasteiger partial charge on any atom is -0.423 e. The van der Waals surface area contributed by atoms with E-state index in [0.717, 1.165) is 0 Å². The molecule has 0 atom stereocenters. The number of rotatable bonds is 2. The van der Waals surface area contributed by atoms with Crippen molar-refractivity contribution in [3.63, 3.8) is 0 Å². The summed E-state index contributed by atoms with van der Waals surface area (Å²) in [6.45, 7) is 4.37. The van der Waals surface area contributed by atoms with E-state index < -0.39 is 10.5 Å². The van der Waals surface area contributed by atoms with E-state index >= 15 is 0 Å². The zero-order valence-electron chi connectivity index (χ0n) is 5.16. The number of carbonyl (C=O) groups is 1. The summed E-state index contributed by atoms with van der Waals surface area (Å²) in [6.07, 6.45) is 0. The van der Waals surface area contributed by atoms with Crippen molar-refractivity contribution in [3.05, 3.63) is 11.6 Å². The second-order valence-electron chi connectivity index (χ2n) is 1.52. The predicted octanol–water partition coefficient (Wildman–Crippen LogP) is 2.43. The SMILES string of the molecule is C=C(Cl)C(Cl)(Cl)OC(C)=O. The van der Waals surface area contributed by atoms with Crippen molar-refractivity contribution in [1.29, 1.82) is 0 Å². The number of ether oxygens (including phenoxy) is 1. The van der Waals surface area contributed by atoms with Crippen molar-refractivity contribution in [2.45, 2.75) is 11.4 Å². The van der Waals surface area contributed by atoms with Crippen molar-refractivity contribution in [1.82, 2.24) is 0 Å². The summed E-state index contributed by atoms with van der Waals surface area (Å²) >= 11 is 16.0. The van der Waals surface area contributed by atoms with Crippen molar-refractivity contribution in [2.24, 2.45) is 0 Å². The van der Waals surface area contributed by atoms with Gasteiger partial charge in [0.25, 0.3) is 4.52 Å². The fraction of sp³-hybridized carbons (Fsp3) is 0.400. The highest BCUT2D eigenvalue weighted by molar-refractivity contribution is 6.55. The number of hydrogen-bond donors (Lipinski definition) is 0. The highest BCUT2D eigenvalue weighted by Gasteiger charge is 2.30. The van der Waals surface area contributed by atoms with Gasteiger partial charge in [-0.1, -0.05) is 41.4 Å². The van der Waals surface area contributed by atoms with Gasteiger partial charge in [-0.2, -0.15) is 0 Å². The van der Waals surface area contributed by atoms with Crippen LogP contribution in [0.3, 0.4) is 0 Å². The van der Waals surface area contributed by atoms with Crippen molar-refractivity contribution in [3.8, 4) is 0 Å². The van der Waals surface area contributed by atoms with E-state index in [1.54, 1.807) is 0 Å². The first-order valence-electron chi connectivity index (χ1n) is 2.28. The summed E-state index contributed by atoms with van der Waals surface area (Å²) in [7, 11) is 0. The van der Waals surface area contributed by atoms with Crippen LogP contribution in [0, 0.1) is 0 Å². The minimum absolute atomic E-state index is 0.147. The summed E-state index contributed by atoms with van der Waals surface area (Å²) < 4.78 is 2.55. The van der Waals surface area contributed by atoms with Crippen LogP contribution in [0.4, 0.5) is 0 Å². The summed E-state index contributed by atoms with van der Waals surface area (Å²) in [4.78, 5) is 10.3. The molecule has 0 aliphatic rings. The average Bonchev–Trinajstić information content (AvgIpc) is 1.60. The Kier molecular flexibility index (Phi) is 3.49. The lowest BCUT2D eigenvalue weighted by Crippen LogP contribution is -2.20. The third-order valence-corrected chi connectivity index (χ3v) is 1.66. The zero-order chi connectivity index (χ0) is 8.36. The topological polar surface area (TPSA) is 26.3 Å². The van der Waals surface area contributed by atoms with Crippen LogP contribution in [0.2, 0.25) is 0 Å². The maximum Gasteiger partial charge on any atom is 0.305 e. The number of alkyl halides is 2. The third-order valence-electron chi connectivity index (χ3n) is 0.588. The molecule has 0 bridgehead atoms. The van der Waals surface area contributed by atoms with Crippen LogP contribution in [0.1, 0.15) is 6.92 Å². The van der Waals surface area contributed by atoms with Crippen LogP contribution in [-0.2, 0) is 9.53 Å². The second kappa shape index (κ2) is 3.46. The Morgan fingerprint density at radius 1 is 1.60 bits per heavy atom. The standard InChI is InChI=1S/C5H5Cl3O2/c1-3(6)5(7,8)10-4(2)9/h1H2,2H3. The van der Waals surface area contributed by atoms with Gasteiger partial charge in [-0.3, -0.25) is 4.79 Å². The fourth-order valence-electron chi connectivity index (χ4n) is 0.236. The molecule has 0 aromatic heterocycles. The molecule has 0 N–H and O–H groups in total. The summed E-state index contributed by atoms with van der Waals surface area (Å²) in [5, 5.41) is -0.147. The lowest BCUT2D eigenvalue weighted by atomic mass is 10.6. The number of hydrogen-bond acceptors (Lipinski definition) is 2. The quantitative estimate of drug-likeness (QED) is 0.509. The highest BCUT2D eigenvalue weighted by Crippen LogP contribution is 2.32. The molecule has 0 aromatic rings. The molecule has 0 aliphatic carbocycles. The van der Waals surface area contributed by atoms with Gasteiger partial charge in [0.05, 0.1) is 5.03 Å². The van der Waals surface area contributed by atoms with Gasteiger partial charge in [-0.25, -0.2) is 0 Å². The van der Waals surface area contributed by atoms with Crippen LogP contribution in [0.25, 0.3) is 0 Å². The summed E-state index contributed by atoms with van der Waals surface area (Å²) in [5.41, 5.74) is 0. The molecule has 0 unspecified atom stereocenters. The average molecular weight is 203 g/mol. The maximum absolute atomic E-state index is 10.3. The monoisotopic (exact) mass is 202 g/mol. The molecule has 0 aliphatic heterocycles. The van der Waals surface area contributed by atoms with E-state index in [2.05, 4.69) is 11.3 Å². The van der Waals surface area contributed by atoms with E-state index in [4.69, 9.17) is 34.8 Å². The molecule has 0 spiro atoms. The lowest BCUT2D eigenvalue weighted by molar-refractivity contribution is -0.143. The number of carbonyl (C=O) groups excluding carboxylic acids is 1. The second-order valence-corrected chi connectivity index (χ2v) is 3.23. The van der Waals surface area contributed by atoms with E-state index in [1.165, 1.54) is 6.92 Å². The fourth-order valence-corrected chi connectivity index (χ4v) is 0.492. The molecule has 0 aromatic carbocycles. The summed E-state index contributed by atoms with van der Waals surface area (Å²) in [6, 6.07) is 0. The third kappa shape index (κ3) is 3.30. The molecule has 58 valence electrons. The Bertz CT molecular complexity index is 164. The number of esters is 1. The Labute approximate surface area is 73.7 Å². The van der Waals surface area contributed by atoms with Crippen LogP contribution in [0.5, 0.6) is 0 Å². The first-order chi connectivity index (χ1) is 4.36. The van der Waals surface area contributed by atoms with Crippen LogP contribution < -0.4 is 0 Å². The van der Waals surface area contributed by atoms with E-state index in [-0.39, 0.29) is 5.03 Å². The predicted molar refractivity (Wildman–Crippen MR) is 41.2 cm³/mol. The maximum atomic E-state index is 10.3. The van der Waals surface area contributed by atoms with Crippen molar-refractivity contribution < 1.29 is 9.53 Å². The highest BCUT2D eigenvalue weighted by atomic mass is 35.5. The first-order valence-corrected chi connectivity index (χ1v) is 3.42. The van der Waals surface area contributed by atoms with Gasteiger partial charge in [0, 0.05) is 6.92 Å². The molecule has 0 saturated heterocycles. The Balaban J connectivity index is 4.13. The van der Waals surface area contributed by atoms with Gasteiger partial charge in [0.15, 0.2) is 0 Å². The van der Waals surface area contributed by atoms with E-state index in [9.17, 15) is 4.79 Å². The molecule has 10 heavy (non-hydrogen) atoms.